The van der Waals surface area contributed by atoms with Crippen LogP contribution < -0.4 is 9.80 Å². The van der Waals surface area contributed by atoms with Crippen LogP contribution in [-0.4, -0.2) is 0 Å². The van der Waals surface area contributed by atoms with Crippen LogP contribution in [0, 0.1) is 0 Å². The Hall–Kier alpha value is -9.19. The number of fused-ring (bicyclic) bond motifs is 12. The summed E-state index contributed by atoms with van der Waals surface area (Å²) < 4.78 is 2.49. The predicted octanol–water partition coefficient (Wildman–Crippen LogP) is 20.8. The van der Waals surface area contributed by atoms with Gasteiger partial charge in [0.1, 0.15) is 0 Å². The van der Waals surface area contributed by atoms with Crippen molar-refractivity contribution in [2.45, 2.75) is 15.2 Å². The average molecular weight is 1020 g/mol. The predicted molar refractivity (Wildman–Crippen MR) is 326 cm³/mol. The van der Waals surface area contributed by atoms with Crippen LogP contribution in [0.3, 0.4) is 0 Å². The lowest BCUT2D eigenvalue weighted by Gasteiger charge is -2.40. The summed E-state index contributed by atoms with van der Waals surface area (Å²) >= 11 is 3.76. The van der Waals surface area contributed by atoms with Gasteiger partial charge in [-0.25, -0.2) is 0 Å². The molecule has 1 aliphatic heterocycles. The van der Waals surface area contributed by atoms with Crippen molar-refractivity contribution in [3.05, 3.63) is 313 Å². The molecule has 0 bridgehead atoms. The highest BCUT2D eigenvalue weighted by Crippen LogP contribution is 2.63. The number of para-hydroxylation sites is 1. The standard InChI is InChI=1S/C73H48N2S2/c1-5-18-49(19-6-1)52-32-37-56(38-33-52)74(57-39-34-53(35-40-57)50-20-7-2-8-21-50)58-42-45-69-63(48-58)61-26-17-29-68(72(61)77-69)75(55-24-11-4-12-25-55)59-41-44-64-62(47-59)60-43-36-54(51-22-9-3-10-23-51)46-67(60)73(64)65-27-13-15-30-70(65)76-71-31-16-14-28-66(71)73/h1-48H. The maximum absolute atomic E-state index is 2.48. The summed E-state index contributed by atoms with van der Waals surface area (Å²) in [6.07, 6.45) is 0. The van der Waals surface area contributed by atoms with Crippen molar-refractivity contribution in [2.24, 2.45) is 0 Å². The molecule has 2 nitrogen and oxygen atoms in total. The molecule has 0 saturated heterocycles. The fourth-order valence-electron chi connectivity index (χ4n) is 12.2. The second-order valence-corrected chi connectivity index (χ2v) is 22.1. The summed E-state index contributed by atoms with van der Waals surface area (Å²) in [5.41, 5.74) is 21.3. The minimum atomic E-state index is -0.505. The molecular formula is C73H48N2S2. The molecule has 1 spiro atoms. The topological polar surface area (TPSA) is 6.48 Å². The molecule has 0 unspecified atom stereocenters. The number of benzene rings is 12. The molecule has 2 heterocycles. The van der Waals surface area contributed by atoms with Gasteiger partial charge in [-0.3, -0.25) is 0 Å². The van der Waals surface area contributed by atoms with Crippen LogP contribution in [0.25, 0.3) is 64.7 Å². The van der Waals surface area contributed by atoms with Crippen molar-refractivity contribution in [1.29, 1.82) is 0 Å². The maximum Gasteiger partial charge on any atom is 0.0735 e. The normalized spacial score (nSPS) is 12.7. The Labute approximate surface area is 457 Å². The van der Waals surface area contributed by atoms with Gasteiger partial charge in [-0.2, -0.15) is 0 Å². The summed E-state index contributed by atoms with van der Waals surface area (Å²) in [4.78, 5) is 7.48. The molecule has 362 valence electrons. The van der Waals surface area contributed by atoms with Gasteiger partial charge in [0.2, 0.25) is 0 Å². The van der Waals surface area contributed by atoms with Crippen LogP contribution in [0.4, 0.5) is 34.1 Å². The summed E-state index contributed by atoms with van der Waals surface area (Å²) in [5.74, 6) is 0. The van der Waals surface area contributed by atoms with Crippen LogP contribution in [0.15, 0.2) is 301 Å². The minimum Gasteiger partial charge on any atom is -0.310 e. The number of hydrogen-bond donors (Lipinski definition) is 0. The highest BCUT2D eigenvalue weighted by Gasteiger charge is 2.50. The third-order valence-corrected chi connectivity index (χ3v) is 18.1. The zero-order valence-corrected chi connectivity index (χ0v) is 43.6. The van der Waals surface area contributed by atoms with Gasteiger partial charge in [0.15, 0.2) is 0 Å². The minimum absolute atomic E-state index is 0.505. The molecule has 4 heteroatoms. The number of rotatable bonds is 9. The van der Waals surface area contributed by atoms with Gasteiger partial charge in [0.05, 0.1) is 15.8 Å². The van der Waals surface area contributed by atoms with Crippen molar-refractivity contribution in [2.75, 3.05) is 9.80 Å². The van der Waals surface area contributed by atoms with E-state index in [1.54, 1.807) is 0 Å². The fourth-order valence-corrected chi connectivity index (χ4v) is 14.6. The molecular weight excluding hydrogens is 969 g/mol. The summed E-state index contributed by atoms with van der Waals surface area (Å²) in [6.45, 7) is 0. The first kappa shape index (κ1) is 45.2. The average Bonchev–Trinajstić information content (AvgIpc) is 4.26. The number of hydrogen-bond acceptors (Lipinski definition) is 4. The van der Waals surface area contributed by atoms with Crippen molar-refractivity contribution in [3.8, 4) is 44.5 Å². The van der Waals surface area contributed by atoms with E-state index in [0.29, 0.717) is 0 Å². The van der Waals surface area contributed by atoms with Crippen LogP contribution in [0.1, 0.15) is 22.3 Å². The smallest absolute Gasteiger partial charge is 0.0735 e. The molecule has 1 aliphatic carbocycles. The molecule has 0 saturated carbocycles. The third kappa shape index (κ3) is 7.47. The van der Waals surface area contributed by atoms with Gasteiger partial charge in [0, 0.05) is 53.7 Å². The lowest BCUT2D eigenvalue weighted by Crippen LogP contribution is -2.32. The molecule has 1 aromatic heterocycles. The zero-order valence-electron chi connectivity index (χ0n) is 41.9. The summed E-state index contributed by atoms with van der Waals surface area (Å²) in [7, 11) is 0. The van der Waals surface area contributed by atoms with Crippen molar-refractivity contribution < 1.29 is 0 Å². The SMILES string of the molecule is c1ccc(-c2ccc(N(c3ccc(-c4ccccc4)cc3)c3ccc4sc5c(N(c6ccccc6)c6ccc7c(c6)-c6ccc(-c8ccccc8)cc6C76c7ccccc7Sc7ccccc76)cccc5c4c3)cc2)cc1. The van der Waals surface area contributed by atoms with E-state index in [0.717, 1.165) is 34.1 Å². The fraction of sp³-hybridized carbons (Fsp3) is 0.0137. The van der Waals surface area contributed by atoms with E-state index in [2.05, 4.69) is 301 Å². The molecule has 0 N–H and O–H groups in total. The van der Waals surface area contributed by atoms with Crippen molar-refractivity contribution >= 4 is 77.4 Å². The summed E-state index contributed by atoms with van der Waals surface area (Å²) in [5, 5.41) is 2.46. The molecule has 0 amide bonds. The van der Waals surface area contributed by atoms with Crippen LogP contribution in [0.5, 0.6) is 0 Å². The molecule has 0 fully saturated rings. The Kier molecular flexibility index (Phi) is 10.9. The molecule has 12 aromatic carbocycles. The monoisotopic (exact) mass is 1020 g/mol. The molecule has 15 rings (SSSR count). The second kappa shape index (κ2) is 18.6. The van der Waals surface area contributed by atoms with Gasteiger partial charge in [-0.05, 0) is 158 Å². The van der Waals surface area contributed by atoms with Crippen LogP contribution in [-0.2, 0) is 5.41 Å². The second-order valence-electron chi connectivity index (χ2n) is 20.0. The van der Waals surface area contributed by atoms with E-state index in [-0.39, 0.29) is 0 Å². The molecule has 0 atom stereocenters. The van der Waals surface area contributed by atoms with E-state index in [1.165, 1.54) is 96.7 Å². The van der Waals surface area contributed by atoms with Crippen molar-refractivity contribution in [3.63, 3.8) is 0 Å². The molecule has 0 radical (unpaired) electrons. The van der Waals surface area contributed by atoms with E-state index in [1.807, 2.05) is 23.1 Å². The number of nitrogens with zero attached hydrogens (tertiary/aromatic N) is 2. The largest absolute Gasteiger partial charge is 0.310 e. The van der Waals surface area contributed by atoms with Crippen LogP contribution >= 0.6 is 23.1 Å². The van der Waals surface area contributed by atoms with Gasteiger partial charge in [-0.1, -0.05) is 212 Å². The van der Waals surface area contributed by atoms with Crippen LogP contribution in [0.2, 0.25) is 0 Å². The Morgan fingerprint density at radius 1 is 0.273 bits per heavy atom. The van der Waals surface area contributed by atoms with Gasteiger partial charge < -0.3 is 9.80 Å². The van der Waals surface area contributed by atoms with E-state index in [4.69, 9.17) is 0 Å². The van der Waals surface area contributed by atoms with E-state index in [9.17, 15) is 0 Å². The lowest BCUT2D eigenvalue weighted by molar-refractivity contribution is 0.722. The molecule has 13 aromatic rings. The first-order valence-electron chi connectivity index (χ1n) is 26.3. The molecule has 77 heavy (non-hydrogen) atoms. The maximum atomic E-state index is 2.48. The zero-order chi connectivity index (χ0) is 50.9. The Morgan fingerprint density at radius 2 is 0.753 bits per heavy atom. The first-order valence-corrected chi connectivity index (χ1v) is 27.9. The summed E-state index contributed by atoms with van der Waals surface area (Å²) in [6, 6.07) is 107. The number of anilines is 6. The highest BCUT2D eigenvalue weighted by molar-refractivity contribution is 7.99. The number of thiophene rings is 1. The van der Waals surface area contributed by atoms with Crippen molar-refractivity contribution in [1.82, 2.24) is 0 Å². The first-order chi connectivity index (χ1) is 38.2. The Bertz CT molecular complexity index is 4210. The van der Waals surface area contributed by atoms with Gasteiger partial charge in [0.25, 0.3) is 0 Å². The van der Waals surface area contributed by atoms with E-state index < -0.39 is 5.41 Å². The third-order valence-electron chi connectivity index (χ3n) is 15.7. The lowest BCUT2D eigenvalue weighted by atomic mass is 9.67. The Balaban J connectivity index is 0.891. The quantitative estimate of drug-likeness (QED) is 0.142. The van der Waals surface area contributed by atoms with Gasteiger partial charge in [-0.15, -0.1) is 11.3 Å². The highest BCUT2D eigenvalue weighted by atomic mass is 32.2. The molecule has 2 aliphatic rings. The van der Waals surface area contributed by atoms with Gasteiger partial charge >= 0.3 is 0 Å². The van der Waals surface area contributed by atoms with E-state index >= 15 is 0 Å². The Morgan fingerprint density at radius 3 is 1.36 bits per heavy atom.